The van der Waals surface area contributed by atoms with Crippen LogP contribution in [0.4, 0.5) is 14.6 Å². The number of hydrogen-bond acceptors (Lipinski definition) is 6. The SMILES string of the molecule is COc1cc(F)ccc1-c1cc(NC(=O)[C@H]2CCC[C@@H](NC(=O)C3(C#N)CCN(C)CC3)C2)ncc1F. The maximum absolute atomic E-state index is 14.6. The molecule has 2 heterocycles. The van der Waals surface area contributed by atoms with E-state index in [1.165, 1.54) is 25.3 Å². The van der Waals surface area contributed by atoms with Crippen LogP contribution in [0.25, 0.3) is 11.1 Å². The van der Waals surface area contributed by atoms with E-state index in [9.17, 15) is 23.6 Å². The van der Waals surface area contributed by atoms with E-state index in [1.807, 2.05) is 7.05 Å². The second kappa shape index (κ2) is 11.2. The quantitative estimate of drug-likeness (QED) is 0.610. The van der Waals surface area contributed by atoms with Crippen LogP contribution in [0.3, 0.4) is 0 Å². The summed E-state index contributed by atoms with van der Waals surface area (Å²) in [7, 11) is 3.34. The number of amides is 2. The van der Waals surface area contributed by atoms with Crippen molar-refractivity contribution in [2.24, 2.45) is 11.3 Å². The van der Waals surface area contributed by atoms with Crippen molar-refractivity contribution in [1.29, 1.82) is 5.26 Å². The number of nitriles is 1. The van der Waals surface area contributed by atoms with Crippen LogP contribution in [0.15, 0.2) is 30.5 Å². The van der Waals surface area contributed by atoms with Gasteiger partial charge in [-0.3, -0.25) is 9.59 Å². The number of ether oxygens (including phenoxy) is 1. The first-order valence-corrected chi connectivity index (χ1v) is 12.5. The number of benzene rings is 1. The Balaban J connectivity index is 1.42. The molecule has 8 nitrogen and oxygen atoms in total. The molecule has 2 fully saturated rings. The van der Waals surface area contributed by atoms with E-state index in [0.29, 0.717) is 44.3 Å². The number of rotatable bonds is 6. The van der Waals surface area contributed by atoms with Crippen LogP contribution in [-0.4, -0.2) is 55.0 Å². The number of nitrogens with zero attached hydrogens (tertiary/aromatic N) is 3. The van der Waals surface area contributed by atoms with Gasteiger partial charge in [-0.1, -0.05) is 6.42 Å². The van der Waals surface area contributed by atoms with Gasteiger partial charge in [0.1, 0.15) is 28.6 Å². The van der Waals surface area contributed by atoms with E-state index in [1.54, 1.807) is 0 Å². The Bertz CT molecular complexity index is 1210. The standard InChI is InChI=1S/C27H31F2N5O3/c1-34-10-8-27(16-30,9-11-34)26(36)32-19-5-3-4-17(12-19)25(35)33-24-14-21(22(29)15-31-24)20-7-6-18(28)13-23(20)37-2/h6-7,13-15,17,19H,3-5,8-12H2,1-2H3,(H,32,36)(H,31,33,35)/t17-,19+/m0/s1. The van der Waals surface area contributed by atoms with Crippen molar-refractivity contribution in [3.8, 4) is 22.9 Å². The molecular weight excluding hydrogens is 480 g/mol. The second-order valence-electron chi connectivity index (χ2n) is 9.91. The smallest absolute Gasteiger partial charge is 0.240 e. The number of carbonyl (C=O) groups excluding carboxylic acids is 2. The molecule has 2 aromatic rings. The number of nitrogens with one attached hydrogen (secondary N) is 2. The van der Waals surface area contributed by atoms with Gasteiger partial charge in [0.15, 0.2) is 0 Å². The number of methoxy groups -OCH3 is 1. The van der Waals surface area contributed by atoms with Gasteiger partial charge in [0, 0.05) is 29.2 Å². The summed E-state index contributed by atoms with van der Waals surface area (Å²) in [5.41, 5.74) is -0.576. The summed E-state index contributed by atoms with van der Waals surface area (Å²) in [6.45, 7) is 1.38. The summed E-state index contributed by atoms with van der Waals surface area (Å²) < 4.78 is 33.4. The molecule has 1 saturated carbocycles. The third-order valence-electron chi connectivity index (χ3n) is 7.43. The first-order chi connectivity index (χ1) is 17.7. The number of anilines is 1. The maximum atomic E-state index is 14.6. The van der Waals surface area contributed by atoms with Crippen molar-refractivity contribution >= 4 is 17.6 Å². The highest BCUT2D eigenvalue weighted by Crippen LogP contribution is 2.35. The Hall–Kier alpha value is -3.58. The molecule has 0 spiro atoms. The molecule has 4 rings (SSSR count). The molecule has 196 valence electrons. The van der Waals surface area contributed by atoms with Gasteiger partial charge in [0.2, 0.25) is 11.8 Å². The van der Waals surface area contributed by atoms with Crippen LogP contribution >= 0.6 is 0 Å². The molecule has 1 aliphatic heterocycles. The lowest BCUT2D eigenvalue weighted by atomic mass is 9.78. The molecule has 2 amide bonds. The van der Waals surface area contributed by atoms with Gasteiger partial charge >= 0.3 is 0 Å². The molecule has 0 radical (unpaired) electrons. The fourth-order valence-corrected chi connectivity index (χ4v) is 5.10. The zero-order valence-electron chi connectivity index (χ0n) is 21.0. The molecule has 1 aliphatic carbocycles. The number of piperidine rings is 1. The summed E-state index contributed by atoms with van der Waals surface area (Å²) >= 11 is 0. The van der Waals surface area contributed by atoms with Gasteiger partial charge in [-0.15, -0.1) is 0 Å². The van der Waals surface area contributed by atoms with E-state index in [2.05, 4.69) is 26.6 Å². The van der Waals surface area contributed by atoms with Gasteiger partial charge in [-0.2, -0.15) is 5.26 Å². The average molecular weight is 512 g/mol. The van der Waals surface area contributed by atoms with Gasteiger partial charge in [0.05, 0.1) is 19.4 Å². The number of aromatic nitrogens is 1. The molecule has 10 heteroatoms. The highest BCUT2D eigenvalue weighted by molar-refractivity contribution is 5.92. The summed E-state index contributed by atoms with van der Waals surface area (Å²) in [5.74, 6) is -1.73. The van der Waals surface area contributed by atoms with Crippen LogP contribution < -0.4 is 15.4 Å². The molecular formula is C27H31F2N5O3. The highest BCUT2D eigenvalue weighted by Gasteiger charge is 2.42. The fraction of sp³-hybridized carbons (Fsp3) is 0.481. The number of likely N-dealkylation sites (tertiary alicyclic amines) is 1. The van der Waals surface area contributed by atoms with E-state index in [0.717, 1.165) is 25.1 Å². The highest BCUT2D eigenvalue weighted by atomic mass is 19.1. The van der Waals surface area contributed by atoms with Gasteiger partial charge in [-0.25, -0.2) is 13.8 Å². The van der Waals surface area contributed by atoms with E-state index in [4.69, 9.17) is 4.74 Å². The largest absolute Gasteiger partial charge is 0.496 e. The van der Waals surface area contributed by atoms with Crippen molar-refractivity contribution < 1.29 is 23.1 Å². The molecule has 0 unspecified atom stereocenters. The number of halogens is 2. The first-order valence-electron chi connectivity index (χ1n) is 12.5. The van der Waals surface area contributed by atoms with Crippen molar-refractivity contribution in [3.63, 3.8) is 0 Å². The minimum atomic E-state index is -1.03. The van der Waals surface area contributed by atoms with Crippen LogP contribution in [0.5, 0.6) is 5.75 Å². The van der Waals surface area contributed by atoms with E-state index in [-0.39, 0.29) is 40.9 Å². The third-order valence-corrected chi connectivity index (χ3v) is 7.43. The number of carbonyl (C=O) groups is 2. The predicted octanol–water partition coefficient (Wildman–Crippen LogP) is 3.88. The van der Waals surface area contributed by atoms with Crippen LogP contribution in [0, 0.1) is 34.3 Å². The normalized spacial score (nSPS) is 21.5. The van der Waals surface area contributed by atoms with E-state index < -0.39 is 17.0 Å². The topological polar surface area (TPSA) is 107 Å². The number of pyridine rings is 1. The van der Waals surface area contributed by atoms with Gasteiger partial charge < -0.3 is 20.3 Å². The minimum absolute atomic E-state index is 0.121. The number of hydrogen-bond donors (Lipinski definition) is 2. The maximum Gasteiger partial charge on any atom is 0.240 e. The van der Waals surface area contributed by atoms with Gasteiger partial charge in [-0.05, 0) is 70.4 Å². The van der Waals surface area contributed by atoms with Crippen molar-refractivity contribution in [1.82, 2.24) is 15.2 Å². The molecule has 1 aromatic carbocycles. The molecule has 1 saturated heterocycles. The Morgan fingerprint density at radius 2 is 1.95 bits per heavy atom. The monoisotopic (exact) mass is 511 g/mol. The van der Waals surface area contributed by atoms with Crippen LogP contribution in [0.1, 0.15) is 38.5 Å². The predicted molar refractivity (Wildman–Crippen MR) is 133 cm³/mol. The van der Waals surface area contributed by atoms with Crippen molar-refractivity contribution in [3.05, 3.63) is 42.1 Å². The van der Waals surface area contributed by atoms with Crippen molar-refractivity contribution in [2.45, 2.75) is 44.6 Å². The lowest BCUT2D eigenvalue weighted by molar-refractivity contribution is -0.132. The second-order valence-corrected chi connectivity index (χ2v) is 9.91. The summed E-state index contributed by atoms with van der Waals surface area (Å²) in [6.07, 6.45) is 4.55. The lowest BCUT2D eigenvalue weighted by Crippen LogP contribution is -2.51. The molecule has 37 heavy (non-hydrogen) atoms. The summed E-state index contributed by atoms with van der Waals surface area (Å²) in [5, 5.41) is 15.5. The zero-order valence-corrected chi connectivity index (χ0v) is 21.0. The summed E-state index contributed by atoms with van der Waals surface area (Å²) in [4.78, 5) is 32.2. The lowest BCUT2D eigenvalue weighted by Gasteiger charge is -2.36. The molecule has 2 N–H and O–H groups in total. The fourth-order valence-electron chi connectivity index (χ4n) is 5.10. The third kappa shape index (κ3) is 5.88. The molecule has 2 aliphatic rings. The van der Waals surface area contributed by atoms with Crippen molar-refractivity contribution in [2.75, 3.05) is 32.6 Å². The molecule has 1 aromatic heterocycles. The average Bonchev–Trinajstić information content (AvgIpc) is 2.90. The molecule has 2 atom stereocenters. The van der Waals surface area contributed by atoms with Crippen LogP contribution in [0.2, 0.25) is 0 Å². The molecule has 0 bridgehead atoms. The van der Waals surface area contributed by atoms with Crippen LogP contribution in [-0.2, 0) is 9.59 Å². The summed E-state index contributed by atoms with van der Waals surface area (Å²) in [6, 6.07) is 7.20. The van der Waals surface area contributed by atoms with Gasteiger partial charge in [0.25, 0.3) is 0 Å². The Labute approximate surface area is 215 Å². The Morgan fingerprint density at radius 3 is 2.65 bits per heavy atom. The zero-order chi connectivity index (χ0) is 26.6. The minimum Gasteiger partial charge on any atom is -0.496 e. The van der Waals surface area contributed by atoms with E-state index >= 15 is 0 Å². The Morgan fingerprint density at radius 1 is 1.19 bits per heavy atom. The Kier molecular flexibility index (Phi) is 8.03. The first kappa shape index (κ1) is 26.5.